The summed E-state index contributed by atoms with van der Waals surface area (Å²) in [6.45, 7) is 0. The molecule has 84 valence electrons. The highest BCUT2D eigenvalue weighted by atomic mass is 32.2. The van der Waals surface area contributed by atoms with E-state index in [1.54, 1.807) is 0 Å². The Hall–Kier alpha value is -1.15. The van der Waals surface area contributed by atoms with Crippen LogP contribution < -0.4 is 10.8 Å². The van der Waals surface area contributed by atoms with Crippen molar-refractivity contribution in [2.24, 2.45) is 10.3 Å². The first kappa shape index (κ1) is 10.4. The van der Waals surface area contributed by atoms with Gasteiger partial charge in [0.15, 0.2) is 0 Å². The molecule has 8 heteroatoms. The summed E-state index contributed by atoms with van der Waals surface area (Å²) in [4.78, 5) is 10.5. The normalized spacial score (nSPS) is 34.7. The smallest absolute Gasteiger partial charge is 0.404 e. The van der Waals surface area contributed by atoms with E-state index in [0.717, 1.165) is 19.3 Å². The first-order valence-corrected chi connectivity index (χ1v) is 5.63. The summed E-state index contributed by atoms with van der Waals surface area (Å²) in [6, 6.07) is -0.174. The third-order valence-electron chi connectivity index (χ3n) is 2.57. The van der Waals surface area contributed by atoms with Gasteiger partial charge >= 0.3 is 17.4 Å². The van der Waals surface area contributed by atoms with E-state index in [1.807, 2.05) is 0 Å². The zero-order valence-corrected chi connectivity index (χ0v) is 8.62. The van der Waals surface area contributed by atoms with Gasteiger partial charge in [-0.05, 0) is 12.8 Å². The fourth-order valence-electron chi connectivity index (χ4n) is 1.96. The summed E-state index contributed by atoms with van der Waals surface area (Å²) in [6.07, 6.45) is 1.46. The van der Waals surface area contributed by atoms with Crippen molar-refractivity contribution in [3.05, 3.63) is 0 Å². The van der Waals surface area contributed by atoms with E-state index in [4.69, 9.17) is 5.11 Å². The number of nitrogens with zero attached hydrogens (tertiary/aromatic N) is 1. The molecule has 3 atom stereocenters. The Morgan fingerprint density at radius 1 is 1.67 bits per heavy atom. The largest absolute Gasteiger partial charge is 0.465 e. The molecular formula is C7H11N3O4S. The molecule has 15 heavy (non-hydrogen) atoms. The predicted molar refractivity (Wildman–Crippen MR) is 52.1 cm³/mol. The van der Waals surface area contributed by atoms with Crippen LogP contribution in [0, 0.1) is 5.92 Å². The molecule has 0 radical (unpaired) electrons. The van der Waals surface area contributed by atoms with E-state index in [0.29, 0.717) is 5.84 Å². The SMILES string of the molecule is O=C(O)N[C@H]1CCC[C@H]1C1=NS(=O)ON1. The Bertz CT molecular complexity index is 332. The molecule has 3 N–H and O–H groups in total. The van der Waals surface area contributed by atoms with Gasteiger partial charge in [0, 0.05) is 12.0 Å². The first-order chi connectivity index (χ1) is 7.16. The second kappa shape index (κ2) is 4.15. The number of amides is 1. The topological polar surface area (TPSA) is 100 Å². The highest BCUT2D eigenvalue weighted by Gasteiger charge is 2.35. The molecule has 1 aliphatic carbocycles. The average Bonchev–Trinajstić information content (AvgIpc) is 2.72. The Labute approximate surface area is 88.7 Å². The van der Waals surface area contributed by atoms with Crippen LogP contribution in [0.5, 0.6) is 0 Å². The summed E-state index contributed by atoms with van der Waals surface area (Å²) in [5.41, 5.74) is 2.47. The van der Waals surface area contributed by atoms with Gasteiger partial charge in [-0.25, -0.2) is 14.5 Å². The van der Waals surface area contributed by atoms with Crippen LogP contribution >= 0.6 is 0 Å². The van der Waals surface area contributed by atoms with E-state index in [-0.39, 0.29) is 12.0 Å². The minimum atomic E-state index is -1.67. The van der Waals surface area contributed by atoms with E-state index < -0.39 is 17.4 Å². The van der Waals surface area contributed by atoms with E-state index in [1.165, 1.54) is 0 Å². The van der Waals surface area contributed by atoms with Gasteiger partial charge in [-0.3, -0.25) is 0 Å². The standard InChI is InChI=1S/C7H11N3O4S/c11-7(12)8-5-3-1-2-4(5)6-9-14-15(13)10-6/h4-5,8H,1-3H2,(H,9,10)(H,11,12)/t4-,5+,15?/m1/s1. The van der Waals surface area contributed by atoms with E-state index >= 15 is 0 Å². The van der Waals surface area contributed by atoms with Crippen molar-refractivity contribution in [1.29, 1.82) is 0 Å². The number of amidine groups is 1. The molecule has 2 rings (SSSR count). The summed E-state index contributed by atoms with van der Waals surface area (Å²) in [5.74, 6) is 0.414. The number of carboxylic acid groups (broad SMARTS) is 1. The number of nitrogens with one attached hydrogen (secondary N) is 2. The second-order valence-corrected chi connectivity index (χ2v) is 4.26. The van der Waals surface area contributed by atoms with E-state index in [9.17, 15) is 9.00 Å². The van der Waals surface area contributed by atoms with Gasteiger partial charge in [0.2, 0.25) is 0 Å². The summed E-state index contributed by atoms with van der Waals surface area (Å²) < 4.78 is 19.2. The number of rotatable bonds is 2. The molecule has 0 bridgehead atoms. The maximum atomic E-state index is 10.8. The van der Waals surface area contributed by atoms with Crippen LogP contribution in [0.25, 0.3) is 0 Å². The lowest BCUT2D eigenvalue weighted by Gasteiger charge is -2.18. The number of hydrogen-bond acceptors (Lipinski definition) is 4. The van der Waals surface area contributed by atoms with Gasteiger partial charge in [0.25, 0.3) is 0 Å². The van der Waals surface area contributed by atoms with Gasteiger partial charge in [0.1, 0.15) is 5.84 Å². The van der Waals surface area contributed by atoms with Gasteiger partial charge in [0.05, 0.1) is 0 Å². The molecule has 7 nitrogen and oxygen atoms in total. The monoisotopic (exact) mass is 233 g/mol. The van der Waals surface area contributed by atoms with Crippen LogP contribution in [0.3, 0.4) is 0 Å². The third-order valence-corrected chi connectivity index (χ3v) is 3.14. The molecule has 1 unspecified atom stereocenters. The Balaban J connectivity index is 2.04. The van der Waals surface area contributed by atoms with Crippen molar-refractivity contribution < 1.29 is 18.4 Å². The van der Waals surface area contributed by atoms with Crippen molar-refractivity contribution >= 4 is 23.2 Å². The third kappa shape index (κ3) is 2.26. The minimum absolute atomic E-state index is 0.0625. The molecule has 0 spiro atoms. The summed E-state index contributed by atoms with van der Waals surface area (Å²) in [5, 5.41) is 11.0. The summed E-state index contributed by atoms with van der Waals surface area (Å²) in [7, 11) is 0. The zero-order valence-electron chi connectivity index (χ0n) is 7.80. The fraction of sp³-hybridized carbons (Fsp3) is 0.714. The molecule has 1 heterocycles. The maximum Gasteiger partial charge on any atom is 0.404 e. The first-order valence-electron chi connectivity index (χ1n) is 4.60. The fourth-order valence-corrected chi connectivity index (χ4v) is 2.49. The number of hydrogen-bond donors (Lipinski definition) is 3. The van der Waals surface area contributed by atoms with Gasteiger partial charge in [-0.1, -0.05) is 6.42 Å². The van der Waals surface area contributed by atoms with Crippen LogP contribution in [0.15, 0.2) is 4.40 Å². The molecule has 0 aromatic heterocycles. The molecule has 2 aliphatic rings. The van der Waals surface area contributed by atoms with Gasteiger partial charge in [-0.15, -0.1) is 4.40 Å². The van der Waals surface area contributed by atoms with Gasteiger partial charge in [-0.2, -0.15) is 4.28 Å². The molecule has 1 aliphatic heterocycles. The molecule has 1 amide bonds. The van der Waals surface area contributed by atoms with Crippen molar-refractivity contribution in [3.8, 4) is 0 Å². The van der Waals surface area contributed by atoms with E-state index in [2.05, 4.69) is 19.5 Å². The lowest BCUT2D eigenvalue weighted by Crippen LogP contribution is -2.42. The van der Waals surface area contributed by atoms with Crippen molar-refractivity contribution in [2.45, 2.75) is 25.3 Å². The lowest BCUT2D eigenvalue weighted by atomic mass is 10.0. The zero-order chi connectivity index (χ0) is 10.8. The Morgan fingerprint density at radius 3 is 3.07 bits per heavy atom. The second-order valence-electron chi connectivity index (χ2n) is 3.47. The van der Waals surface area contributed by atoms with Crippen LogP contribution in [0.1, 0.15) is 19.3 Å². The van der Waals surface area contributed by atoms with Crippen molar-refractivity contribution in [3.63, 3.8) is 0 Å². The Kier molecular flexibility index (Phi) is 2.87. The highest BCUT2D eigenvalue weighted by molar-refractivity contribution is 7.79. The molecule has 0 aromatic carbocycles. The molecule has 0 saturated heterocycles. The highest BCUT2D eigenvalue weighted by Crippen LogP contribution is 2.27. The molecule has 0 aromatic rings. The quantitative estimate of drug-likeness (QED) is 0.620. The van der Waals surface area contributed by atoms with Gasteiger partial charge < -0.3 is 10.4 Å². The van der Waals surface area contributed by atoms with Crippen molar-refractivity contribution in [2.75, 3.05) is 0 Å². The summed E-state index contributed by atoms with van der Waals surface area (Å²) >= 11 is -1.67. The van der Waals surface area contributed by atoms with Crippen LogP contribution in [0.4, 0.5) is 4.79 Å². The van der Waals surface area contributed by atoms with Crippen LogP contribution in [-0.2, 0) is 15.6 Å². The van der Waals surface area contributed by atoms with Crippen molar-refractivity contribution in [1.82, 2.24) is 10.8 Å². The average molecular weight is 233 g/mol. The molecule has 1 saturated carbocycles. The maximum absolute atomic E-state index is 10.8. The van der Waals surface area contributed by atoms with Crippen LogP contribution in [0.2, 0.25) is 0 Å². The molecular weight excluding hydrogens is 222 g/mol. The predicted octanol–water partition coefficient (Wildman–Crippen LogP) is -0.0653. The number of hydroxylamine groups is 1. The minimum Gasteiger partial charge on any atom is -0.465 e. The lowest BCUT2D eigenvalue weighted by molar-refractivity contribution is 0.188. The molecule has 1 fully saturated rings. The Morgan fingerprint density at radius 2 is 2.47 bits per heavy atom. The number of carbonyl (C=O) groups is 1. The van der Waals surface area contributed by atoms with Crippen LogP contribution in [-0.4, -0.2) is 27.3 Å².